The molecule has 78 valence electrons. The minimum Gasteiger partial charge on any atom is -0.171 e. The van der Waals surface area contributed by atoms with Crippen LogP contribution in [0.2, 0.25) is 0 Å². The molecule has 3 heteroatoms. The Hall–Kier alpha value is -0.210. The number of hydrogen-bond donors (Lipinski definition) is 0. The Morgan fingerprint density at radius 2 is 1.23 bits per heavy atom. The van der Waals surface area contributed by atoms with Crippen molar-refractivity contribution in [1.82, 2.24) is 0 Å². The highest BCUT2D eigenvalue weighted by atomic mass is 19.4. The Morgan fingerprint density at radius 1 is 0.846 bits per heavy atom. The second-order valence-corrected chi connectivity index (χ2v) is 5.22. The number of rotatable bonds is 0. The average molecular weight is 194 g/mol. The van der Waals surface area contributed by atoms with Gasteiger partial charge in [0.25, 0.3) is 0 Å². The molecule has 0 aromatic carbocycles. The largest absolute Gasteiger partial charge is 0.394 e. The lowest BCUT2D eigenvalue weighted by Gasteiger charge is -2.42. The maximum atomic E-state index is 12.6. The van der Waals surface area contributed by atoms with Gasteiger partial charge in [-0.1, -0.05) is 20.8 Å². The SMILES string of the molecule is CC1(C)CCC(C)(C(F)(F)F)CC1. The van der Waals surface area contributed by atoms with Crippen molar-refractivity contribution in [2.24, 2.45) is 10.8 Å². The number of halogens is 3. The summed E-state index contributed by atoms with van der Waals surface area (Å²) in [4.78, 5) is 0. The molecular weight excluding hydrogens is 177 g/mol. The van der Waals surface area contributed by atoms with Crippen LogP contribution in [0.5, 0.6) is 0 Å². The highest BCUT2D eigenvalue weighted by Crippen LogP contribution is 2.52. The molecule has 1 aliphatic rings. The highest BCUT2D eigenvalue weighted by molar-refractivity contribution is 4.90. The molecule has 0 N–H and O–H groups in total. The van der Waals surface area contributed by atoms with Gasteiger partial charge >= 0.3 is 6.18 Å². The van der Waals surface area contributed by atoms with E-state index in [2.05, 4.69) is 0 Å². The van der Waals surface area contributed by atoms with Gasteiger partial charge < -0.3 is 0 Å². The first kappa shape index (κ1) is 10.9. The lowest BCUT2D eigenvalue weighted by atomic mass is 9.66. The first-order valence-corrected chi connectivity index (χ1v) is 4.73. The first-order valence-electron chi connectivity index (χ1n) is 4.73. The zero-order chi connectivity index (χ0) is 10.3. The Morgan fingerprint density at radius 3 is 1.54 bits per heavy atom. The minimum absolute atomic E-state index is 0.102. The van der Waals surface area contributed by atoms with Gasteiger partial charge in [0.1, 0.15) is 0 Å². The predicted octanol–water partition coefficient (Wildman–Crippen LogP) is 4.16. The van der Waals surface area contributed by atoms with Crippen molar-refractivity contribution in [2.45, 2.75) is 52.6 Å². The molecule has 0 radical (unpaired) electrons. The molecule has 0 spiro atoms. The molecule has 0 saturated heterocycles. The van der Waals surface area contributed by atoms with Gasteiger partial charge in [0.2, 0.25) is 0 Å². The third kappa shape index (κ3) is 2.18. The fraction of sp³-hybridized carbons (Fsp3) is 1.00. The second-order valence-electron chi connectivity index (χ2n) is 5.22. The van der Waals surface area contributed by atoms with Crippen molar-refractivity contribution in [2.75, 3.05) is 0 Å². The molecule has 0 aromatic heterocycles. The second kappa shape index (κ2) is 2.89. The number of alkyl halides is 3. The lowest BCUT2D eigenvalue weighted by Crippen LogP contribution is -2.40. The standard InChI is InChI=1S/C10H17F3/c1-8(2)4-6-9(3,7-5-8)10(11,12)13/h4-7H2,1-3H3. The summed E-state index contributed by atoms with van der Waals surface area (Å²) in [6.07, 6.45) is -2.09. The quantitative estimate of drug-likeness (QED) is 0.543. The molecule has 0 amide bonds. The molecule has 0 unspecified atom stereocenters. The van der Waals surface area contributed by atoms with Gasteiger partial charge in [-0.2, -0.15) is 13.2 Å². The van der Waals surface area contributed by atoms with Crippen LogP contribution in [-0.4, -0.2) is 6.18 Å². The molecule has 1 aliphatic carbocycles. The zero-order valence-corrected chi connectivity index (χ0v) is 8.46. The summed E-state index contributed by atoms with van der Waals surface area (Å²) in [6.45, 7) is 5.44. The van der Waals surface area contributed by atoms with Gasteiger partial charge in [-0.15, -0.1) is 0 Å². The van der Waals surface area contributed by atoms with Crippen molar-refractivity contribution >= 4 is 0 Å². The van der Waals surface area contributed by atoms with Crippen molar-refractivity contribution in [3.05, 3.63) is 0 Å². The van der Waals surface area contributed by atoms with Crippen LogP contribution < -0.4 is 0 Å². The van der Waals surface area contributed by atoms with E-state index in [0.29, 0.717) is 12.8 Å². The van der Waals surface area contributed by atoms with Crippen molar-refractivity contribution in [3.8, 4) is 0 Å². The monoisotopic (exact) mass is 194 g/mol. The van der Waals surface area contributed by atoms with Crippen LogP contribution in [0.3, 0.4) is 0 Å². The van der Waals surface area contributed by atoms with E-state index in [4.69, 9.17) is 0 Å². The van der Waals surface area contributed by atoms with Crippen molar-refractivity contribution < 1.29 is 13.2 Å². The van der Waals surface area contributed by atoms with Crippen LogP contribution in [0.1, 0.15) is 46.5 Å². The van der Waals surface area contributed by atoms with Gasteiger partial charge in [-0.05, 0) is 31.1 Å². The molecule has 1 saturated carbocycles. The molecule has 1 fully saturated rings. The van der Waals surface area contributed by atoms with Gasteiger partial charge in [-0.3, -0.25) is 0 Å². The lowest BCUT2D eigenvalue weighted by molar-refractivity contribution is -0.232. The van der Waals surface area contributed by atoms with Crippen LogP contribution in [0.15, 0.2) is 0 Å². The molecule has 0 nitrogen and oxygen atoms in total. The summed E-state index contributed by atoms with van der Waals surface area (Å²) in [5.74, 6) is 0. The number of hydrogen-bond acceptors (Lipinski definition) is 0. The van der Waals surface area contributed by atoms with E-state index in [1.165, 1.54) is 6.92 Å². The summed E-state index contributed by atoms with van der Waals surface area (Å²) in [6, 6.07) is 0. The summed E-state index contributed by atoms with van der Waals surface area (Å²) >= 11 is 0. The van der Waals surface area contributed by atoms with Crippen molar-refractivity contribution in [1.29, 1.82) is 0 Å². The van der Waals surface area contributed by atoms with E-state index in [1.54, 1.807) is 0 Å². The summed E-state index contributed by atoms with van der Waals surface area (Å²) in [5.41, 5.74) is -1.33. The first-order chi connectivity index (χ1) is 5.66. The van der Waals surface area contributed by atoms with Crippen LogP contribution >= 0.6 is 0 Å². The van der Waals surface area contributed by atoms with E-state index >= 15 is 0 Å². The summed E-state index contributed by atoms with van der Waals surface area (Å²) < 4.78 is 37.7. The van der Waals surface area contributed by atoms with Crippen LogP contribution in [0.4, 0.5) is 13.2 Å². The zero-order valence-electron chi connectivity index (χ0n) is 8.46. The van der Waals surface area contributed by atoms with E-state index < -0.39 is 11.6 Å². The highest BCUT2D eigenvalue weighted by Gasteiger charge is 2.52. The van der Waals surface area contributed by atoms with Gasteiger partial charge in [0.05, 0.1) is 5.41 Å². The maximum absolute atomic E-state index is 12.6. The van der Waals surface area contributed by atoms with Gasteiger partial charge in [0, 0.05) is 0 Å². The summed E-state index contributed by atoms with van der Waals surface area (Å²) in [7, 11) is 0. The van der Waals surface area contributed by atoms with Gasteiger partial charge in [0.15, 0.2) is 0 Å². The molecule has 0 atom stereocenters. The average Bonchev–Trinajstić information content (AvgIpc) is 1.94. The Kier molecular flexibility index (Phi) is 2.42. The van der Waals surface area contributed by atoms with Gasteiger partial charge in [-0.25, -0.2) is 0 Å². The van der Waals surface area contributed by atoms with E-state index in [0.717, 1.165) is 0 Å². The minimum atomic E-state index is -4.02. The normalized spacial score (nSPS) is 27.2. The Labute approximate surface area is 77.5 Å². The fourth-order valence-corrected chi connectivity index (χ4v) is 1.76. The molecule has 13 heavy (non-hydrogen) atoms. The maximum Gasteiger partial charge on any atom is 0.394 e. The molecule has 0 aromatic rings. The topological polar surface area (TPSA) is 0 Å². The third-order valence-corrected chi connectivity index (χ3v) is 3.39. The molecule has 0 aliphatic heterocycles. The molecule has 1 rings (SSSR count). The van der Waals surface area contributed by atoms with E-state index in [9.17, 15) is 13.2 Å². The van der Waals surface area contributed by atoms with Crippen LogP contribution in [0, 0.1) is 10.8 Å². The molecular formula is C10H17F3. The van der Waals surface area contributed by atoms with E-state index in [-0.39, 0.29) is 18.3 Å². The van der Waals surface area contributed by atoms with Crippen molar-refractivity contribution in [3.63, 3.8) is 0 Å². The fourth-order valence-electron chi connectivity index (χ4n) is 1.76. The Balaban J connectivity index is 2.68. The van der Waals surface area contributed by atoms with Crippen LogP contribution in [0.25, 0.3) is 0 Å². The Bertz CT molecular complexity index is 181. The van der Waals surface area contributed by atoms with E-state index in [1.807, 2.05) is 13.8 Å². The molecule has 0 heterocycles. The predicted molar refractivity (Wildman–Crippen MR) is 46.4 cm³/mol. The third-order valence-electron chi connectivity index (χ3n) is 3.39. The smallest absolute Gasteiger partial charge is 0.171 e. The van der Waals surface area contributed by atoms with Crippen LogP contribution in [-0.2, 0) is 0 Å². The molecule has 0 bridgehead atoms. The summed E-state index contributed by atoms with van der Waals surface area (Å²) in [5, 5.41) is 0.